The van der Waals surface area contributed by atoms with Crippen molar-refractivity contribution in [3.05, 3.63) is 35.3 Å². The molecule has 1 N–H and O–H groups in total. The highest BCUT2D eigenvalue weighted by Gasteiger charge is 2.35. The molecule has 1 saturated heterocycles. The van der Waals surface area contributed by atoms with Crippen LogP contribution < -0.4 is 10.2 Å². The van der Waals surface area contributed by atoms with Crippen LogP contribution in [0.25, 0.3) is 0 Å². The number of amides is 2. The van der Waals surface area contributed by atoms with Crippen molar-refractivity contribution in [3.63, 3.8) is 0 Å². The molecule has 1 aliphatic heterocycles. The number of hydrogen-bond donors (Lipinski definition) is 1. The van der Waals surface area contributed by atoms with E-state index in [0.717, 1.165) is 23.5 Å². The zero-order valence-corrected chi connectivity index (χ0v) is 13.3. The lowest BCUT2D eigenvalue weighted by Gasteiger charge is -2.16. The first-order chi connectivity index (χ1) is 11.2. The monoisotopic (exact) mass is 328 g/mol. The quantitative estimate of drug-likeness (QED) is 0.935. The van der Waals surface area contributed by atoms with Crippen LogP contribution in [0.1, 0.15) is 30.2 Å². The lowest BCUT2D eigenvalue weighted by atomic mass is 10.1. The third-order valence-corrected chi connectivity index (χ3v) is 5.16. The summed E-state index contributed by atoms with van der Waals surface area (Å²) in [6.07, 6.45) is 2.55. The average molecular weight is 328 g/mol. The van der Waals surface area contributed by atoms with E-state index in [1.54, 1.807) is 4.90 Å². The second kappa shape index (κ2) is 5.73. The van der Waals surface area contributed by atoms with Crippen molar-refractivity contribution >= 4 is 34.0 Å². The number of carbonyl (C=O) groups excluding carboxylic acids is 2. The van der Waals surface area contributed by atoms with Gasteiger partial charge < -0.3 is 10.2 Å². The van der Waals surface area contributed by atoms with Gasteiger partial charge in [0.25, 0.3) is 0 Å². The molecule has 1 aliphatic carbocycles. The fourth-order valence-corrected chi connectivity index (χ4v) is 3.64. The molecule has 1 atom stereocenters. The number of carbonyl (C=O) groups is 2. The van der Waals surface area contributed by atoms with Crippen molar-refractivity contribution in [2.45, 2.75) is 25.2 Å². The van der Waals surface area contributed by atoms with Crippen molar-refractivity contribution in [1.82, 2.24) is 10.2 Å². The minimum absolute atomic E-state index is 0.0210. The van der Waals surface area contributed by atoms with E-state index in [-0.39, 0.29) is 24.2 Å². The molecule has 6 nitrogen and oxygen atoms in total. The van der Waals surface area contributed by atoms with Crippen LogP contribution in [0.3, 0.4) is 0 Å². The molecule has 1 aromatic heterocycles. The van der Waals surface area contributed by atoms with Crippen LogP contribution in [0, 0.1) is 5.92 Å². The summed E-state index contributed by atoms with van der Waals surface area (Å²) in [6.45, 7) is 0.406. The summed E-state index contributed by atoms with van der Waals surface area (Å²) < 4.78 is 0. The smallest absolute Gasteiger partial charge is 0.231 e. The topological polar surface area (TPSA) is 75.2 Å². The normalized spacial score (nSPS) is 20.8. The zero-order chi connectivity index (χ0) is 15.8. The third kappa shape index (κ3) is 2.96. The SMILES string of the molecule is O=C(Nc1nnc(C2CC2)s1)C1CC(=O)N(c2ccccc2)C1. The molecule has 23 heavy (non-hydrogen) atoms. The Balaban J connectivity index is 1.41. The van der Waals surface area contributed by atoms with Gasteiger partial charge in [-0.25, -0.2) is 0 Å². The molecule has 0 radical (unpaired) electrons. The first kappa shape index (κ1) is 14.3. The minimum atomic E-state index is -0.351. The van der Waals surface area contributed by atoms with Crippen LogP contribution in [-0.4, -0.2) is 28.6 Å². The van der Waals surface area contributed by atoms with Gasteiger partial charge in [0.1, 0.15) is 5.01 Å². The van der Waals surface area contributed by atoms with E-state index < -0.39 is 0 Å². The van der Waals surface area contributed by atoms with E-state index in [1.165, 1.54) is 11.3 Å². The fraction of sp³-hybridized carbons (Fsp3) is 0.375. The number of para-hydroxylation sites is 1. The molecule has 2 aliphatic rings. The van der Waals surface area contributed by atoms with Crippen LogP contribution in [0.2, 0.25) is 0 Å². The molecular weight excluding hydrogens is 312 g/mol. The van der Waals surface area contributed by atoms with Crippen molar-refractivity contribution in [3.8, 4) is 0 Å². The van der Waals surface area contributed by atoms with E-state index >= 15 is 0 Å². The van der Waals surface area contributed by atoms with Gasteiger partial charge in [-0.2, -0.15) is 0 Å². The third-order valence-electron chi connectivity index (χ3n) is 4.16. The second-order valence-electron chi connectivity index (χ2n) is 5.95. The predicted octanol–water partition coefficient (Wildman–Crippen LogP) is 2.41. The van der Waals surface area contributed by atoms with Crippen LogP contribution in [-0.2, 0) is 9.59 Å². The Kier molecular flexibility index (Phi) is 3.57. The number of aromatic nitrogens is 2. The summed E-state index contributed by atoms with van der Waals surface area (Å²) in [7, 11) is 0. The molecular formula is C16H16N4O2S. The minimum Gasteiger partial charge on any atom is -0.312 e. The lowest BCUT2D eigenvalue weighted by Crippen LogP contribution is -2.28. The number of hydrogen-bond acceptors (Lipinski definition) is 5. The maximum Gasteiger partial charge on any atom is 0.231 e. The molecule has 0 spiro atoms. The molecule has 1 saturated carbocycles. The van der Waals surface area contributed by atoms with Gasteiger partial charge >= 0.3 is 0 Å². The molecule has 2 heterocycles. The Hall–Kier alpha value is -2.28. The van der Waals surface area contributed by atoms with Gasteiger partial charge in [-0.05, 0) is 25.0 Å². The molecule has 2 aromatic rings. The van der Waals surface area contributed by atoms with Gasteiger partial charge in [0.2, 0.25) is 16.9 Å². The van der Waals surface area contributed by atoms with Gasteiger partial charge in [-0.15, -0.1) is 10.2 Å². The van der Waals surface area contributed by atoms with E-state index in [1.807, 2.05) is 30.3 Å². The van der Waals surface area contributed by atoms with Crippen molar-refractivity contribution < 1.29 is 9.59 Å². The summed E-state index contributed by atoms with van der Waals surface area (Å²) in [5.41, 5.74) is 0.833. The largest absolute Gasteiger partial charge is 0.312 e. The number of nitrogens with one attached hydrogen (secondary N) is 1. The summed E-state index contributed by atoms with van der Waals surface area (Å²) in [4.78, 5) is 26.2. The first-order valence-electron chi connectivity index (χ1n) is 7.70. The van der Waals surface area contributed by atoms with Crippen molar-refractivity contribution in [2.24, 2.45) is 5.92 Å². The highest BCUT2D eigenvalue weighted by atomic mass is 32.1. The van der Waals surface area contributed by atoms with Crippen molar-refractivity contribution in [1.29, 1.82) is 0 Å². The van der Waals surface area contributed by atoms with Crippen LogP contribution in [0.15, 0.2) is 30.3 Å². The standard InChI is InChI=1S/C16H16N4O2S/c21-13-8-11(9-20(13)12-4-2-1-3-5-12)14(22)17-16-19-18-15(23-16)10-6-7-10/h1-5,10-11H,6-9H2,(H,17,19,22). The second-order valence-corrected chi connectivity index (χ2v) is 6.96. The molecule has 0 bridgehead atoms. The average Bonchev–Trinajstić information content (AvgIpc) is 3.19. The van der Waals surface area contributed by atoms with E-state index in [0.29, 0.717) is 17.6 Å². The Morgan fingerprint density at radius 1 is 1.22 bits per heavy atom. The highest BCUT2D eigenvalue weighted by molar-refractivity contribution is 7.15. The molecule has 2 amide bonds. The van der Waals surface area contributed by atoms with Gasteiger partial charge in [0.15, 0.2) is 0 Å². The molecule has 7 heteroatoms. The van der Waals surface area contributed by atoms with Crippen LogP contribution >= 0.6 is 11.3 Å². The molecule has 1 unspecified atom stereocenters. The fourth-order valence-electron chi connectivity index (χ4n) is 2.73. The Bertz CT molecular complexity index is 742. The summed E-state index contributed by atoms with van der Waals surface area (Å²) in [6, 6.07) is 9.43. The summed E-state index contributed by atoms with van der Waals surface area (Å²) >= 11 is 1.44. The highest BCUT2D eigenvalue weighted by Crippen LogP contribution is 2.42. The van der Waals surface area contributed by atoms with Crippen molar-refractivity contribution in [2.75, 3.05) is 16.8 Å². The van der Waals surface area contributed by atoms with Gasteiger partial charge in [0, 0.05) is 24.6 Å². The van der Waals surface area contributed by atoms with Crippen LogP contribution in [0.4, 0.5) is 10.8 Å². The number of anilines is 2. The van der Waals surface area contributed by atoms with E-state index in [4.69, 9.17) is 0 Å². The predicted molar refractivity (Wildman–Crippen MR) is 87.4 cm³/mol. The summed E-state index contributed by atoms with van der Waals surface area (Å²) in [5.74, 6) is -0.00155. The first-order valence-corrected chi connectivity index (χ1v) is 8.52. The molecule has 2 fully saturated rings. The van der Waals surface area contributed by atoms with Gasteiger partial charge in [0.05, 0.1) is 5.92 Å². The Morgan fingerprint density at radius 3 is 2.74 bits per heavy atom. The maximum atomic E-state index is 12.4. The van der Waals surface area contributed by atoms with E-state index in [2.05, 4.69) is 15.5 Å². The Morgan fingerprint density at radius 2 is 2.00 bits per heavy atom. The number of rotatable bonds is 4. The maximum absolute atomic E-state index is 12.4. The lowest BCUT2D eigenvalue weighted by molar-refractivity contribution is -0.122. The molecule has 1 aromatic carbocycles. The number of nitrogens with zero attached hydrogens (tertiary/aromatic N) is 3. The van der Waals surface area contributed by atoms with E-state index in [9.17, 15) is 9.59 Å². The summed E-state index contributed by atoms with van der Waals surface area (Å²) in [5, 5.41) is 12.5. The zero-order valence-electron chi connectivity index (χ0n) is 12.4. The van der Waals surface area contributed by atoms with Crippen LogP contribution in [0.5, 0.6) is 0 Å². The van der Waals surface area contributed by atoms with Gasteiger partial charge in [-0.1, -0.05) is 29.5 Å². The van der Waals surface area contributed by atoms with Gasteiger partial charge in [-0.3, -0.25) is 9.59 Å². The number of benzene rings is 1. The Labute approximate surface area is 137 Å². The molecule has 4 rings (SSSR count). The molecule has 118 valence electrons.